The van der Waals surface area contributed by atoms with Crippen LogP contribution in [0.15, 0.2) is 11.0 Å². The Morgan fingerprint density at radius 2 is 0.826 bits per heavy atom. The summed E-state index contributed by atoms with van der Waals surface area (Å²) < 4.78 is 51.8. The molecule has 1 aromatic rings. The van der Waals surface area contributed by atoms with E-state index >= 15 is 0 Å². The summed E-state index contributed by atoms with van der Waals surface area (Å²) >= 11 is -1.75. The van der Waals surface area contributed by atoms with Crippen LogP contribution < -0.4 is 0 Å². The molecule has 0 fully saturated rings. The van der Waals surface area contributed by atoms with Crippen molar-refractivity contribution in [3.05, 3.63) is 28.3 Å². The first-order chi connectivity index (χ1) is 22.2. The molecule has 0 saturated heterocycles. The summed E-state index contributed by atoms with van der Waals surface area (Å²) in [7, 11) is -4.27. The molecule has 0 radical (unpaired) electrons. The zero-order valence-electron chi connectivity index (χ0n) is 30.8. The van der Waals surface area contributed by atoms with Crippen molar-refractivity contribution in [2.75, 3.05) is 0 Å². The number of hydrogen-bond acceptors (Lipinski definition) is 3. The Labute approximate surface area is 295 Å². The predicted octanol–water partition coefficient (Wildman–Crippen LogP) is 12.4. The maximum absolute atomic E-state index is 12.8. The molecule has 1 aromatic carbocycles. The second-order valence-electron chi connectivity index (χ2n) is 13.8. The predicted molar refractivity (Wildman–Crippen MR) is 192 cm³/mol. The topological polar surface area (TPSA) is 91.7 Å². The second-order valence-corrected chi connectivity index (χ2v) is 15.5. The van der Waals surface area contributed by atoms with Gasteiger partial charge in [-0.1, -0.05) is 169 Å². The Balaban J connectivity index is 0.00000647. The van der Waals surface area contributed by atoms with Crippen molar-refractivity contribution in [2.24, 2.45) is 0 Å². The van der Waals surface area contributed by atoms with Gasteiger partial charge < -0.3 is 0 Å². The van der Waals surface area contributed by atoms with Crippen LogP contribution in [0.1, 0.15) is 217 Å². The van der Waals surface area contributed by atoms with Gasteiger partial charge in [-0.3, -0.25) is 4.55 Å². The Morgan fingerprint density at radius 1 is 0.543 bits per heavy atom. The molecule has 2 N–H and O–H groups in total. The van der Waals surface area contributed by atoms with Crippen molar-refractivity contribution in [3.63, 3.8) is 0 Å². The van der Waals surface area contributed by atoms with E-state index in [9.17, 15) is 13.0 Å². The maximum atomic E-state index is 12.8. The molecule has 1 rings (SSSR count). The van der Waals surface area contributed by atoms with E-state index in [2.05, 4.69) is 34.6 Å². The van der Waals surface area contributed by atoms with E-state index in [0.717, 1.165) is 49.7 Å². The van der Waals surface area contributed by atoms with Gasteiger partial charge in [0.2, 0.25) is 0 Å². The number of hydrogen-bond donors (Lipinski definition) is 2. The van der Waals surface area contributed by atoms with Crippen LogP contribution in [-0.4, -0.2) is 16.7 Å². The zero-order valence-corrected chi connectivity index (χ0v) is 33.2. The average molecular weight is 702 g/mol. The quantitative estimate of drug-likeness (QED) is 0.0493. The molecular formula is C39H73O5STi. The Hall–Kier alpha value is -0.396. The van der Waals surface area contributed by atoms with Gasteiger partial charge in [-0.05, 0) is 72.8 Å². The fourth-order valence-corrected chi connectivity index (χ4v) is 7.56. The summed E-state index contributed by atoms with van der Waals surface area (Å²) in [6.07, 6.45) is 33.1. The first-order valence-electron chi connectivity index (χ1n) is 19.4. The van der Waals surface area contributed by atoms with Crippen molar-refractivity contribution < 1.29 is 39.5 Å². The second kappa shape index (κ2) is 30.6. The monoisotopic (exact) mass is 701 g/mol. The molecule has 0 saturated carbocycles. The van der Waals surface area contributed by atoms with Gasteiger partial charge in [0, 0.05) is 0 Å². The summed E-state index contributed by atoms with van der Waals surface area (Å²) in [5.41, 5.74) is 4.77. The van der Waals surface area contributed by atoms with Gasteiger partial charge in [0.25, 0.3) is 10.1 Å². The first kappa shape index (κ1) is 45.6. The van der Waals surface area contributed by atoms with Gasteiger partial charge in [0.1, 0.15) is 0 Å². The fourth-order valence-electron chi connectivity index (χ4n) is 6.74. The van der Waals surface area contributed by atoms with Crippen molar-refractivity contribution in [3.8, 4) is 0 Å². The summed E-state index contributed by atoms with van der Waals surface area (Å²) in [5, 5.41) is 0. The van der Waals surface area contributed by atoms with Crippen LogP contribution in [0.4, 0.5) is 0 Å². The Bertz CT molecular complexity index is 977. The van der Waals surface area contributed by atoms with Crippen LogP contribution in [-0.2, 0) is 52.2 Å². The summed E-state index contributed by atoms with van der Waals surface area (Å²) in [5.74, 6) is 0.235. The van der Waals surface area contributed by atoms with E-state index in [1.54, 1.807) is 0 Å². The van der Waals surface area contributed by atoms with Gasteiger partial charge in [-0.15, -0.1) is 0 Å². The third-order valence-corrected chi connectivity index (χ3v) is 10.3. The SMILES string of the molecule is CCCCCCCCCCc1c(C(C)C)cc(S(=O)(=O)O)c(CCCCCCCCCC)c1CCCCCCCCCC.[O]=[Ti][OH]. The van der Waals surface area contributed by atoms with Crippen molar-refractivity contribution in [1.82, 2.24) is 0 Å². The van der Waals surface area contributed by atoms with E-state index in [1.807, 2.05) is 6.07 Å². The molecule has 0 spiro atoms. The Kier molecular flexibility index (Phi) is 30.4. The minimum atomic E-state index is -4.27. The standard InChI is InChI=1S/C39H72O3S.H2O.O.Ti/c1-6-9-12-15-18-21-24-27-30-35-36(31-28-25-22-19-16-13-10-7-2)38(34(4)5)33-39(43(40,41)42)37(35)32-29-26-23-20-17-14-11-8-3;;;/h33-34H,6-32H2,1-5H3,(H,40,41,42);1H2;;/q;;;+1/p-1. The summed E-state index contributed by atoms with van der Waals surface area (Å²) in [6.45, 7) is 11.2. The molecule has 0 unspecified atom stereocenters. The number of rotatable bonds is 29. The van der Waals surface area contributed by atoms with E-state index < -0.39 is 29.6 Å². The molecule has 0 aliphatic rings. The van der Waals surface area contributed by atoms with Gasteiger partial charge in [-0.2, -0.15) is 8.42 Å². The first-order valence-corrected chi connectivity index (χ1v) is 22.1. The summed E-state index contributed by atoms with van der Waals surface area (Å²) in [6, 6.07) is 1.86. The van der Waals surface area contributed by atoms with Gasteiger partial charge in [0.15, 0.2) is 0 Å². The van der Waals surface area contributed by atoms with E-state index in [-0.39, 0.29) is 10.8 Å². The van der Waals surface area contributed by atoms with E-state index in [4.69, 9.17) is 7.01 Å². The van der Waals surface area contributed by atoms with E-state index in [0.29, 0.717) is 0 Å². The molecule has 46 heavy (non-hydrogen) atoms. The van der Waals surface area contributed by atoms with Crippen molar-refractivity contribution >= 4 is 10.1 Å². The van der Waals surface area contributed by atoms with E-state index in [1.165, 1.54) is 146 Å². The minimum absolute atomic E-state index is 0.202. The Morgan fingerprint density at radius 3 is 1.13 bits per heavy atom. The van der Waals surface area contributed by atoms with Crippen LogP contribution in [0.2, 0.25) is 0 Å². The third kappa shape index (κ3) is 22.3. The zero-order chi connectivity index (χ0) is 34.5. The molecular weight excluding hydrogens is 628 g/mol. The molecule has 0 aliphatic carbocycles. The molecule has 0 bridgehead atoms. The van der Waals surface area contributed by atoms with Crippen molar-refractivity contribution in [2.45, 2.75) is 219 Å². The van der Waals surface area contributed by atoms with Gasteiger partial charge in [-0.25, -0.2) is 0 Å². The van der Waals surface area contributed by atoms with Crippen LogP contribution >= 0.6 is 0 Å². The summed E-state index contributed by atoms with van der Waals surface area (Å²) in [4.78, 5) is 0.202. The van der Waals surface area contributed by atoms with Crippen LogP contribution in [0.5, 0.6) is 0 Å². The van der Waals surface area contributed by atoms with Gasteiger partial charge in [0.05, 0.1) is 4.90 Å². The fraction of sp³-hybridized carbons (Fsp3) is 0.846. The molecule has 269 valence electrons. The van der Waals surface area contributed by atoms with Crippen molar-refractivity contribution in [1.29, 1.82) is 0 Å². The molecule has 0 aliphatic heterocycles. The normalized spacial score (nSPS) is 11.5. The molecule has 7 heteroatoms. The average Bonchev–Trinajstić information content (AvgIpc) is 3.01. The van der Waals surface area contributed by atoms with Gasteiger partial charge >= 0.3 is 26.5 Å². The molecule has 0 heterocycles. The van der Waals surface area contributed by atoms with Crippen LogP contribution in [0.25, 0.3) is 0 Å². The molecule has 0 aromatic heterocycles. The molecule has 0 atom stereocenters. The van der Waals surface area contributed by atoms with Crippen LogP contribution in [0, 0.1) is 0 Å². The number of benzene rings is 1. The molecule has 5 nitrogen and oxygen atoms in total. The number of unbranched alkanes of at least 4 members (excludes halogenated alkanes) is 21. The molecule has 0 amide bonds. The third-order valence-electron chi connectivity index (χ3n) is 9.40. The van der Waals surface area contributed by atoms with Crippen LogP contribution in [0.3, 0.4) is 0 Å².